The number of pyridine rings is 2. The van der Waals surface area contributed by atoms with E-state index in [-0.39, 0.29) is 0 Å². The van der Waals surface area contributed by atoms with Gasteiger partial charge in [-0.05, 0) is 60.4 Å². The zero-order valence-electron chi connectivity index (χ0n) is 18.4. The fourth-order valence-electron chi connectivity index (χ4n) is 5.63. The van der Waals surface area contributed by atoms with Gasteiger partial charge in [0, 0.05) is 22.2 Å². The molecule has 0 aliphatic rings. The maximum atomic E-state index is 2.53. The van der Waals surface area contributed by atoms with Crippen LogP contribution in [0.3, 0.4) is 0 Å². The van der Waals surface area contributed by atoms with Gasteiger partial charge in [0.2, 0.25) is 5.52 Å². The zero-order valence-corrected chi connectivity index (χ0v) is 18.4. The predicted octanol–water partition coefficient (Wildman–Crippen LogP) is 6.63. The minimum absolute atomic E-state index is 0.649. The number of fused-ring (bicyclic) bond motifs is 5. The Bertz CT molecular complexity index is 1620. The second kappa shape index (κ2) is 5.95. The molecule has 3 aromatic carbocycles. The number of aryl methyl sites for hydroxylation is 3. The molecule has 0 saturated heterocycles. The summed E-state index contributed by atoms with van der Waals surface area (Å²) in [5, 5.41) is 6.82. The number of rotatable bonds is 2. The number of aromatic nitrogens is 2. The minimum Gasteiger partial charge on any atom is -0.303 e. The Morgan fingerprint density at radius 1 is 0.833 bits per heavy atom. The molecular formula is C28H27N2+. The molecule has 30 heavy (non-hydrogen) atoms. The third-order valence-corrected chi connectivity index (χ3v) is 6.78. The molecule has 0 fully saturated rings. The van der Waals surface area contributed by atoms with Crippen LogP contribution in [0.15, 0.2) is 54.7 Å². The Balaban J connectivity index is 1.98. The summed E-state index contributed by atoms with van der Waals surface area (Å²) in [4.78, 5) is 0. The molecule has 3 heterocycles. The lowest BCUT2D eigenvalue weighted by molar-refractivity contribution is -0.644. The van der Waals surface area contributed by atoms with E-state index in [9.17, 15) is 0 Å². The molecule has 0 bridgehead atoms. The molecule has 0 aliphatic heterocycles. The van der Waals surface area contributed by atoms with Crippen LogP contribution in [0.25, 0.3) is 49.0 Å². The summed E-state index contributed by atoms with van der Waals surface area (Å²) < 4.78 is 4.83. The third-order valence-electron chi connectivity index (χ3n) is 6.78. The van der Waals surface area contributed by atoms with E-state index in [1.165, 1.54) is 65.7 Å². The van der Waals surface area contributed by atoms with Crippen molar-refractivity contribution < 1.29 is 4.57 Å². The standard InChI is InChI=1S/C28H27N2/c1-16(2)13-19-9-10-21-22-11-12-29(5)28-25-18(4)14-17(3)20-7-6-8-23(26(20)25)30(27(22)28)24(21)15-19/h6-12,14-16H,13H2,1-5H3/q+1. The van der Waals surface area contributed by atoms with Gasteiger partial charge in [-0.15, -0.1) is 0 Å². The van der Waals surface area contributed by atoms with Crippen LogP contribution in [-0.4, -0.2) is 4.40 Å². The van der Waals surface area contributed by atoms with Gasteiger partial charge in [0.1, 0.15) is 12.6 Å². The van der Waals surface area contributed by atoms with Gasteiger partial charge in [0.15, 0.2) is 6.20 Å². The SMILES string of the molecule is Cc1cc(C)c2c3c1cccc3n1c3cc(CC(C)C)ccc3c3cc[n+](C)c2c31. The number of hydrogen-bond donors (Lipinski definition) is 0. The highest BCUT2D eigenvalue weighted by molar-refractivity contribution is 6.26. The normalized spacial score (nSPS) is 12.6. The molecule has 3 aromatic heterocycles. The summed E-state index contributed by atoms with van der Waals surface area (Å²) >= 11 is 0. The van der Waals surface area contributed by atoms with Gasteiger partial charge in [0.25, 0.3) is 0 Å². The van der Waals surface area contributed by atoms with Gasteiger partial charge in [-0.2, -0.15) is 4.57 Å². The van der Waals surface area contributed by atoms with Crippen molar-refractivity contribution in [1.82, 2.24) is 4.40 Å². The summed E-state index contributed by atoms with van der Waals surface area (Å²) in [7, 11) is 2.18. The molecule has 0 atom stereocenters. The first kappa shape index (κ1) is 17.7. The molecule has 6 rings (SSSR count). The molecule has 0 N–H and O–H groups in total. The van der Waals surface area contributed by atoms with Gasteiger partial charge < -0.3 is 4.40 Å². The quantitative estimate of drug-likeness (QED) is 0.178. The Morgan fingerprint density at radius 3 is 2.47 bits per heavy atom. The highest BCUT2D eigenvalue weighted by Crippen LogP contribution is 2.41. The fraction of sp³-hybridized carbons (Fsp3) is 0.250. The molecule has 0 amide bonds. The van der Waals surface area contributed by atoms with Crippen molar-refractivity contribution in [3.8, 4) is 0 Å². The lowest BCUT2D eigenvalue weighted by Crippen LogP contribution is -2.29. The Labute approximate surface area is 176 Å². The molecule has 0 radical (unpaired) electrons. The molecule has 0 spiro atoms. The van der Waals surface area contributed by atoms with Crippen molar-refractivity contribution in [3.05, 3.63) is 71.4 Å². The summed E-state index contributed by atoms with van der Waals surface area (Å²) in [6.07, 6.45) is 3.33. The van der Waals surface area contributed by atoms with Gasteiger partial charge in [0.05, 0.1) is 16.4 Å². The highest BCUT2D eigenvalue weighted by Gasteiger charge is 2.24. The molecule has 148 valence electrons. The van der Waals surface area contributed by atoms with E-state index >= 15 is 0 Å². The van der Waals surface area contributed by atoms with Crippen molar-refractivity contribution in [3.63, 3.8) is 0 Å². The molecule has 2 nitrogen and oxygen atoms in total. The monoisotopic (exact) mass is 391 g/mol. The van der Waals surface area contributed by atoms with Crippen LogP contribution < -0.4 is 4.57 Å². The molecule has 6 aromatic rings. The van der Waals surface area contributed by atoms with E-state index in [4.69, 9.17) is 0 Å². The van der Waals surface area contributed by atoms with E-state index in [0.29, 0.717) is 5.92 Å². The van der Waals surface area contributed by atoms with Crippen molar-refractivity contribution in [2.75, 3.05) is 0 Å². The average Bonchev–Trinajstić information content (AvgIpc) is 3.03. The average molecular weight is 392 g/mol. The van der Waals surface area contributed by atoms with Gasteiger partial charge in [-0.1, -0.05) is 44.2 Å². The van der Waals surface area contributed by atoms with Gasteiger partial charge in [-0.3, -0.25) is 0 Å². The number of nitrogens with zero attached hydrogens (tertiary/aromatic N) is 2. The third kappa shape index (κ3) is 2.17. The number of benzene rings is 3. The van der Waals surface area contributed by atoms with E-state index in [2.05, 4.69) is 98.4 Å². The first-order chi connectivity index (χ1) is 14.5. The maximum Gasteiger partial charge on any atom is 0.238 e. The predicted molar refractivity (Wildman–Crippen MR) is 128 cm³/mol. The van der Waals surface area contributed by atoms with Crippen LogP contribution in [0.2, 0.25) is 0 Å². The summed E-state index contributed by atoms with van der Waals surface area (Å²) in [5.41, 5.74) is 9.43. The molecular weight excluding hydrogens is 364 g/mol. The lowest BCUT2D eigenvalue weighted by atomic mass is 9.95. The van der Waals surface area contributed by atoms with Crippen molar-refractivity contribution in [1.29, 1.82) is 0 Å². The topological polar surface area (TPSA) is 8.29 Å². The minimum atomic E-state index is 0.649. The second-order valence-electron chi connectivity index (χ2n) is 9.41. The number of hydrogen-bond acceptors (Lipinski definition) is 0. The van der Waals surface area contributed by atoms with Crippen LogP contribution >= 0.6 is 0 Å². The van der Waals surface area contributed by atoms with Crippen molar-refractivity contribution >= 4 is 49.0 Å². The van der Waals surface area contributed by atoms with Gasteiger partial charge >= 0.3 is 0 Å². The summed E-state index contributed by atoms with van der Waals surface area (Å²) in [6.45, 7) is 9.09. The Hall–Kier alpha value is -3.13. The summed E-state index contributed by atoms with van der Waals surface area (Å²) in [5.74, 6) is 0.649. The molecule has 2 heteroatoms. The van der Waals surface area contributed by atoms with Crippen molar-refractivity contribution in [2.24, 2.45) is 13.0 Å². The first-order valence-corrected chi connectivity index (χ1v) is 10.9. The van der Waals surface area contributed by atoms with Gasteiger partial charge in [-0.25, -0.2) is 0 Å². The van der Waals surface area contributed by atoms with Crippen LogP contribution in [0.1, 0.15) is 30.5 Å². The van der Waals surface area contributed by atoms with E-state index in [0.717, 1.165) is 6.42 Å². The lowest BCUT2D eigenvalue weighted by Gasteiger charge is -2.15. The zero-order chi connectivity index (χ0) is 20.7. The first-order valence-electron chi connectivity index (χ1n) is 10.9. The Kier molecular flexibility index (Phi) is 3.51. The van der Waals surface area contributed by atoms with Crippen molar-refractivity contribution in [2.45, 2.75) is 34.1 Å². The van der Waals surface area contributed by atoms with Crippen LogP contribution in [0.5, 0.6) is 0 Å². The highest BCUT2D eigenvalue weighted by atomic mass is 15.0. The fourth-order valence-corrected chi connectivity index (χ4v) is 5.63. The summed E-state index contributed by atoms with van der Waals surface area (Å²) in [6, 6.07) is 18.5. The van der Waals surface area contributed by atoms with Crippen LogP contribution in [-0.2, 0) is 13.5 Å². The Morgan fingerprint density at radius 2 is 1.67 bits per heavy atom. The van der Waals surface area contributed by atoms with Crippen LogP contribution in [0, 0.1) is 19.8 Å². The molecule has 0 aliphatic carbocycles. The largest absolute Gasteiger partial charge is 0.303 e. The van der Waals surface area contributed by atoms with E-state index in [1.807, 2.05) is 0 Å². The van der Waals surface area contributed by atoms with Crippen LogP contribution in [0.4, 0.5) is 0 Å². The molecule has 0 unspecified atom stereocenters. The molecule has 0 saturated carbocycles. The van der Waals surface area contributed by atoms with E-state index < -0.39 is 0 Å². The smallest absolute Gasteiger partial charge is 0.238 e. The van der Waals surface area contributed by atoms with E-state index in [1.54, 1.807) is 0 Å². The maximum absolute atomic E-state index is 2.53. The second-order valence-corrected chi connectivity index (χ2v) is 9.41.